The van der Waals surface area contributed by atoms with Crippen LogP contribution >= 0.6 is 26.9 Å². The molecule has 1 aliphatic carbocycles. The lowest BCUT2D eigenvalue weighted by molar-refractivity contribution is -0.287. The number of hydrogen-bond acceptors (Lipinski definition) is 17. The predicted molar refractivity (Wildman–Crippen MR) is 145 cm³/mol. The summed E-state index contributed by atoms with van der Waals surface area (Å²) in [5.74, 6) is -3.64. The van der Waals surface area contributed by atoms with Gasteiger partial charge in [-0.2, -0.15) is 4.31 Å². The minimum atomic E-state index is -5.67. The number of imidazole rings is 1. The van der Waals surface area contributed by atoms with E-state index >= 15 is 4.39 Å². The molecule has 1 saturated carbocycles. The molecule has 2 aromatic rings. The number of aromatic nitrogens is 4. The van der Waals surface area contributed by atoms with Gasteiger partial charge in [-0.1, -0.05) is 12.2 Å². The molecule has 24 heteroatoms. The summed E-state index contributed by atoms with van der Waals surface area (Å²) < 4.78 is 87.3. The van der Waals surface area contributed by atoms with Gasteiger partial charge in [-0.25, -0.2) is 32.9 Å². The molecule has 4 heterocycles. The maximum Gasteiger partial charge on any atom is 0.482 e. The fourth-order valence-electron chi connectivity index (χ4n) is 5.42. The van der Waals surface area contributed by atoms with Crippen molar-refractivity contribution in [2.24, 2.45) is 5.92 Å². The summed E-state index contributed by atoms with van der Waals surface area (Å²) in [5.41, 5.74) is 4.35. The third-order valence-electron chi connectivity index (χ3n) is 7.74. The molecule has 5 rings (SSSR count). The van der Waals surface area contributed by atoms with Gasteiger partial charge in [-0.15, -0.1) is 0 Å². The molecular formula is C21H31F2N5O14P2S. The maximum absolute atomic E-state index is 16.4. The summed E-state index contributed by atoms with van der Waals surface area (Å²) in [6.07, 6.45) is -13.4. The molecule has 0 radical (unpaired) electrons. The third-order valence-corrected chi connectivity index (χ3v) is 11.3. The maximum atomic E-state index is 16.4. The number of aliphatic hydroxyl groups excluding tert-OH is 5. The first-order valence-corrected chi connectivity index (χ1v) is 17.4. The highest BCUT2D eigenvalue weighted by Crippen LogP contribution is 2.67. The van der Waals surface area contributed by atoms with Gasteiger partial charge in [0, 0.05) is 7.11 Å². The van der Waals surface area contributed by atoms with E-state index in [4.69, 9.17) is 29.6 Å². The molecule has 0 aromatic carbocycles. The highest BCUT2D eigenvalue weighted by atomic mass is 32.7. The van der Waals surface area contributed by atoms with Gasteiger partial charge in [0.15, 0.2) is 30.2 Å². The number of nitrogen functional groups attached to an aromatic ring is 1. The molecule has 7 unspecified atom stereocenters. The molecule has 19 nitrogen and oxygen atoms in total. The van der Waals surface area contributed by atoms with Gasteiger partial charge in [0.1, 0.15) is 54.6 Å². The Morgan fingerprint density at radius 2 is 1.89 bits per heavy atom. The summed E-state index contributed by atoms with van der Waals surface area (Å²) in [4.78, 5) is 22.2. The van der Waals surface area contributed by atoms with Crippen LogP contribution in [0.1, 0.15) is 19.1 Å². The van der Waals surface area contributed by atoms with Crippen molar-refractivity contribution in [3.8, 4) is 0 Å². The Balaban J connectivity index is 1.32. The monoisotopic (exact) mass is 709 g/mol. The van der Waals surface area contributed by atoms with Crippen LogP contribution in [0.3, 0.4) is 0 Å². The van der Waals surface area contributed by atoms with E-state index in [1.807, 2.05) is 0 Å². The standard InChI is InChI=1S/C21H31F2N5O14P2S/c1-37-21(8-2-3-8)18(33)20(23,40-19(21)28-7-27-10-15(24)25-6-26-16(10)28)5-38-44(36,45)42-43(34,35)41-17-13(32)11(30)12(31)14(39-17)9(22)4-29/h6-9,11-14,17-19,29-33H,2-5H2,1H3,(H,34,35)(H,36,45)(H2,24,25,26)/t9-,11?,12?,13?,14?,17?,18+,19+,20+,21+,44?/m0/s1. The van der Waals surface area contributed by atoms with Crippen molar-refractivity contribution in [1.29, 1.82) is 0 Å². The molecule has 3 aliphatic rings. The van der Waals surface area contributed by atoms with Gasteiger partial charge in [-0.3, -0.25) is 13.6 Å². The molecule has 12 atom stereocenters. The second-order valence-electron chi connectivity index (χ2n) is 10.6. The normalized spacial score (nSPS) is 39.0. The number of phosphoric acid groups is 1. The largest absolute Gasteiger partial charge is 0.482 e. The molecule has 2 saturated heterocycles. The lowest BCUT2D eigenvalue weighted by atomic mass is 9.87. The van der Waals surface area contributed by atoms with Gasteiger partial charge < -0.3 is 50.4 Å². The van der Waals surface area contributed by atoms with E-state index in [1.54, 1.807) is 0 Å². The number of fused-ring (bicyclic) bond motifs is 1. The first-order chi connectivity index (χ1) is 21.0. The number of thiol groups is 1. The molecule has 0 bridgehead atoms. The van der Waals surface area contributed by atoms with Gasteiger partial charge >= 0.3 is 14.6 Å². The average Bonchev–Trinajstić information content (AvgIpc) is 3.69. The fourth-order valence-corrected chi connectivity index (χ4v) is 8.58. The van der Waals surface area contributed by atoms with Gasteiger partial charge in [0.25, 0.3) is 5.85 Å². The summed E-state index contributed by atoms with van der Waals surface area (Å²) >= 11 is 3.55. The van der Waals surface area contributed by atoms with Gasteiger partial charge in [0.2, 0.25) is 0 Å². The minimum absolute atomic E-state index is 0.00987. The van der Waals surface area contributed by atoms with Crippen LogP contribution < -0.4 is 5.73 Å². The van der Waals surface area contributed by atoms with Crippen molar-refractivity contribution in [3.05, 3.63) is 12.7 Å². The Morgan fingerprint density at radius 3 is 2.51 bits per heavy atom. The Bertz CT molecular complexity index is 1500. The number of alkyl halides is 2. The van der Waals surface area contributed by atoms with Crippen LogP contribution in [0.15, 0.2) is 12.7 Å². The zero-order chi connectivity index (χ0) is 33.1. The molecule has 0 spiro atoms. The molecule has 2 aliphatic heterocycles. The number of ether oxygens (including phenoxy) is 3. The molecule has 0 amide bonds. The van der Waals surface area contributed by atoms with E-state index in [1.165, 1.54) is 18.0 Å². The smallest absolute Gasteiger partial charge is 0.393 e. The van der Waals surface area contributed by atoms with Crippen molar-refractivity contribution in [1.82, 2.24) is 19.5 Å². The SMILES string of the molecule is CO[C@@]1(C2CC2)[C@H](n2cnc3c(N)ncnc32)O[C@](F)(COP(=O)(S)OP(=O)(O)OC2OC([C@@H](F)CO)C(O)C(O)C2O)[C@H]1O. The van der Waals surface area contributed by atoms with Gasteiger partial charge in [0.05, 0.1) is 12.9 Å². The number of halogens is 2. The fraction of sp³-hybridized carbons (Fsp3) is 0.762. The van der Waals surface area contributed by atoms with Crippen LogP contribution in [0.4, 0.5) is 14.6 Å². The second-order valence-corrected chi connectivity index (χ2v) is 15.1. The summed E-state index contributed by atoms with van der Waals surface area (Å²) in [6.45, 7) is -7.72. The topological polar surface area (TPSA) is 281 Å². The average molecular weight is 710 g/mol. The van der Waals surface area contributed by atoms with Crippen molar-refractivity contribution in [2.75, 3.05) is 26.1 Å². The van der Waals surface area contributed by atoms with Gasteiger partial charge in [-0.05, 0) is 18.8 Å². The van der Waals surface area contributed by atoms with Crippen molar-refractivity contribution < 1.29 is 75.9 Å². The Hall–Kier alpha value is -1.46. The Morgan fingerprint density at radius 1 is 1.20 bits per heavy atom. The van der Waals surface area contributed by atoms with Crippen molar-refractivity contribution in [3.63, 3.8) is 0 Å². The van der Waals surface area contributed by atoms with E-state index in [0.29, 0.717) is 12.8 Å². The zero-order valence-corrected chi connectivity index (χ0v) is 25.8. The number of aliphatic hydroxyl groups is 5. The molecule has 3 fully saturated rings. The lowest BCUT2D eigenvalue weighted by Gasteiger charge is -2.41. The van der Waals surface area contributed by atoms with Crippen molar-refractivity contribution in [2.45, 2.75) is 73.5 Å². The second kappa shape index (κ2) is 12.5. The molecular weight excluding hydrogens is 678 g/mol. The van der Waals surface area contributed by atoms with Crippen LogP contribution in [0.25, 0.3) is 11.2 Å². The Labute approximate surface area is 257 Å². The summed E-state index contributed by atoms with van der Waals surface area (Å²) in [5, 5.41) is 50.2. The number of hydrogen-bond donors (Lipinski definition) is 8. The van der Waals surface area contributed by atoms with Crippen LogP contribution in [0.5, 0.6) is 0 Å². The lowest BCUT2D eigenvalue weighted by Crippen LogP contribution is -2.60. The third kappa shape index (κ3) is 6.40. The van der Waals surface area contributed by atoms with E-state index in [9.17, 15) is 38.8 Å². The number of methoxy groups -OCH3 is 1. The number of nitrogens with zero attached hydrogens (tertiary/aromatic N) is 4. The zero-order valence-electron chi connectivity index (χ0n) is 23.1. The van der Waals surface area contributed by atoms with Crippen LogP contribution in [-0.4, -0.2) is 125 Å². The van der Waals surface area contributed by atoms with Crippen LogP contribution in [-0.2, 0) is 36.7 Å². The highest BCUT2D eigenvalue weighted by Gasteiger charge is 2.71. The van der Waals surface area contributed by atoms with Crippen LogP contribution in [0, 0.1) is 5.92 Å². The van der Waals surface area contributed by atoms with Crippen LogP contribution in [0.2, 0.25) is 0 Å². The molecule has 45 heavy (non-hydrogen) atoms. The summed E-state index contributed by atoms with van der Waals surface area (Å²) in [7, 11) is -4.45. The number of phosphoric ester groups is 1. The first kappa shape index (κ1) is 34.9. The summed E-state index contributed by atoms with van der Waals surface area (Å²) in [6, 6.07) is 0. The van der Waals surface area contributed by atoms with E-state index in [-0.39, 0.29) is 17.0 Å². The minimum Gasteiger partial charge on any atom is -0.393 e. The molecule has 254 valence electrons. The predicted octanol–water partition coefficient (Wildman–Crippen LogP) is -0.915. The Kier molecular flexibility index (Phi) is 9.71. The number of nitrogens with two attached hydrogens (primary N) is 1. The quantitative estimate of drug-likeness (QED) is 0.0977. The van der Waals surface area contributed by atoms with E-state index in [0.717, 1.165) is 6.33 Å². The molecule has 8 N–H and O–H groups in total. The highest BCUT2D eigenvalue weighted by molar-refractivity contribution is 8.45. The van der Waals surface area contributed by atoms with Crippen molar-refractivity contribution >= 4 is 43.9 Å². The van der Waals surface area contributed by atoms with E-state index in [2.05, 4.69) is 36.0 Å². The van der Waals surface area contributed by atoms with E-state index < -0.39 is 94.4 Å². The number of rotatable bonds is 12. The first-order valence-electron chi connectivity index (χ1n) is 13.2. The molecule has 2 aromatic heterocycles. The number of anilines is 1.